The monoisotopic (exact) mass is 325 g/mol. The highest BCUT2D eigenvalue weighted by atomic mass is 35.5. The van der Waals surface area contributed by atoms with Gasteiger partial charge < -0.3 is 9.84 Å². The molecule has 114 valence electrons. The van der Waals surface area contributed by atoms with E-state index in [1.54, 1.807) is 30.3 Å². The predicted octanol–water partition coefficient (Wildman–Crippen LogP) is 3.31. The summed E-state index contributed by atoms with van der Waals surface area (Å²) in [6, 6.07) is 14.5. The molecule has 0 atom stereocenters. The number of nitrogens with one attached hydrogen (secondary N) is 1. The maximum Gasteiger partial charge on any atom is 0.228 e. The molecule has 0 unspecified atom stereocenters. The minimum absolute atomic E-state index is 0.371. The molecule has 0 radical (unpaired) electrons. The fraction of sp³-hybridized carbons (Fsp3) is 0.125. The van der Waals surface area contributed by atoms with Gasteiger partial charge >= 0.3 is 0 Å². The van der Waals surface area contributed by atoms with Gasteiger partial charge in [-0.25, -0.2) is 4.98 Å². The van der Waals surface area contributed by atoms with Crippen molar-refractivity contribution >= 4 is 17.4 Å². The van der Waals surface area contributed by atoms with Crippen molar-refractivity contribution in [3.05, 3.63) is 59.1 Å². The van der Waals surface area contributed by atoms with Crippen LogP contribution in [0.5, 0.6) is 0 Å². The summed E-state index contributed by atoms with van der Waals surface area (Å²) >= 11 is 5.95. The Morgan fingerprint density at radius 1 is 1.17 bits per heavy atom. The van der Waals surface area contributed by atoms with Crippen LogP contribution in [0.3, 0.4) is 0 Å². The molecule has 6 nitrogen and oxygen atoms in total. The molecule has 0 saturated heterocycles. The van der Waals surface area contributed by atoms with Crippen LogP contribution in [0.15, 0.2) is 47.0 Å². The van der Waals surface area contributed by atoms with Gasteiger partial charge in [0, 0.05) is 23.6 Å². The van der Waals surface area contributed by atoms with Crippen LogP contribution < -0.4 is 5.32 Å². The number of rotatable bonds is 5. The smallest absolute Gasteiger partial charge is 0.228 e. The summed E-state index contributed by atoms with van der Waals surface area (Å²) in [5.41, 5.74) is 1.18. The summed E-state index contributed by atoms with van der Waals surface area (Å²) in [4.78, 5) is 8.47. The summed E-state index contributed by atoms with van der Waals surface area (Å²) in [6.45, 7) is 0.569. The molecule has 0 aliphatic carbocycles. The van der Waals surface area contributed by atoms with Crippen LogP contribution >= 0.6 is 11.6 Å². The molecule has 1 N–H and O–H groups in total. The van der Waals surface area contributed by atoms with E-state index in [2.05, 4.69) is 20.4 Å². The number of benzene rings is 1. The van der Waals surface area contributed by atoms with Crippen LogP contribution in [0.25, 0.3) is 11.4 Å². The fourth-order valence-electron chi connectivity index (χ4n) is 1.99. The van der Waals surface area contributed by atoms with Crippen molar-refractivity contribution in [2.45, 2.75) is 6.42 Å². The van der Waals surface area contributed by atoms with Gasteiger partial charge in [-0.2, -0.15) is 10.2 Å². The largest absolute Gasteiger partial charge is 0.370 e. The zero-order chi connectivity index (χ0) is 16.1. The minimum Gasteiger partial charge on any atom is -0.370 e. The Balaban J connectivity index is 1.60. The Morgan fingerprint density at radius 3 is 2.87 bits per heavy atom. The first-order valence-electron chi connectivity index (χ1n) is 6.94. The summed E-state index contributed by atoms with van der Waals surface area (Å²) in [5, 5.41) is 16.5. The van der Waals surface area contributed by atoms with Crippen molar-refractivity contribution in [2.24, 2.45) is 0 Å². The Hall–Kier alpha value is -2.91. The Labute approximate surface area is 137 Å². The van der Waals surface area contributed by atoms with E-state index in [1.807, 2.05) is 18.2 Å². The fourth-order valence-corrected chi connectivity index (χ4v) is 2.18. The molecule has 2 aromatic heterocycles. The van der Waals surface area contributed by atoms with Gasteiger partial charge in [-0.05, 0) is 24.3 Å². The molecule has 0 fully saturated rings. The van der Waals surface area contributed by atoms with Crippen molar-refractivity contribution in [3.8, 4) is 17.5 Å². The molecule has 0 aliphatic rings. The lowest BCUT2D eigenvalue weighted by molar-refractivity contribution is 0.381. The summed E-state index contributed by atoms with van der Waals surface area (Å²) in [7, 11) is 0. The quantitative estimate of drug-likeness (QED) is 0.774. The number of aromatic nitrogens is 3. The molecule has 3 rings (SSSR count). The molecular weight excluding hydrogens is 314 g/mol. The standard InChI is InChI=1S/C16H12ClN5O/c17-12-4-1-3-11(9-12)16-21-15(23-22-16)7-8-19-14-6-2-5-13(10-18)20-14/h1-6,9H,7-8H2,(H,19,20). The number of halogens is 1. The highest BCUT2D eigenvalue weighted by Gasteiger charge is 2.08. The van der Waals surface area contributed by atoms with E-state index in [9.17, 15) is 0 Å². The number of hydrogen-bond acceptors (Lipinski definition) is 6. The van der Waals surface area contributed by atoms with E-state index in [1.165, 1.54) is 0 Å². The van der Waals surface area contributed by atoms with E-state index in [0.29, 0.717) is 41.2 Å². The average Bonchev–Trinajstić information content (AvgIpc) is 3.04. The highest BCUT2D eigenvalue weighted by Crippen LogP contribution is 2.20. The summed E-state index contributed by atoms with van der Waals surface area (Å²) < 4.78 is 5.22. The number of anilines is 1. The molecule has 0 bridgehead atoms. The van der Waals surface area contributed by atoms with E-state index < -0.39 is 0 Å². The molecule has 0 spiro atoms. The second kappa shape index (κ2) is 6.90. The molecule has 0 saturated carbocycles. The van der Waals surface area contributed by atoms with Gasteiger partial charge in [-0.1, -0.05) is 35.0 Å². The van der Waals surface area contributed by atoms with Gasteiger partial charge in [0.25, 0.3) is 0 Å². The van der Waals surface area contributed by atoms with Crippen molar-refractivity contribution in [1.82, 2.24) is 15.1 Å². The Morgan fingerprint density at radius 2 is 2.04 bits per heavy atom. The third-order valence-corrected chi connectivity index (χ3v) is 3.29. The van der Waals surface area contributed by atoms with Gasteiger partial charge in [-0.3, -0.25) is 0 Å². The van der Waals surface area contributed by atoms with Crippen LogP contribution in [0.1, 0.15) is 11.6 Å². The molecule has 2 heterocycles. The normalized spacial score (nSPS) is 10.3. The average molecular weight is 326 g/mol. The number of hydrogen-bond donors (Lipinski definition) is 1. The third-order valence-electron chi connectivity index (χ3n) is 3.06. The first-order chi connectivity index (χ1) is 11.2. The highest BCUT2D eigenvalue weighted by molar-refractivity contribution is 6.30. The molecule has 23 heavy (non-hydrogen) atoms. The van der Waals surface area contributed by atoms with E-state index >= 15 is 0 Å². The predicted molar refractivity (Wildman–Crippen MR) is 85.9 cm³/mol. The first-order valence-corrected chi connectivity index (χ1v) is 7.32. The van der Waals surface area contributed by atoms with Crippen LogP contribution in [0, 0.1) is 11.3 Å². The van der Waals surface area contributed by atoms with Crippen molar-refractivity contribution in [2.75, 3.05) is 11.9 Å². The van der Waals surface area contributed by atoms with Gasteiger partial charge in [-0.15, -0.1) is 0 Å². The van der Waals surface area contributed by atoms with Crippen LogP contribution in [0.2, 0.25) is 5.02 Å². The third kappa shape index (κ3) is 3.84. The topological polar surface area (TPSA) is 87.6 Å². The lowest BCUT2D eigenvalue weighted by Crippen LogP contribution is -2.06. The number of nitrogens with zero attached hydrogens (tertiary/aromatic N) is 4. The zero-order valence-corrected chi connectivity index (χ0v) is 12.8. The Bertz CT molecular complexity index is 855. The van der Waals surface area contributed by atoms with Gasteiger partial charge in [0.1, 0.15) is 17.6 Å². The SMILES string of the molecule is N#Cc1cccc(NCCc2nc(-c3cccc(Cl)c3)no2)n1. The first kappa shape index (κ1) is 15.0. The molecule has 1 aromatic carbocycles. The number of nitriles is 1. The number of pyridine rings is 1. The maximum absolute atomic E-state index is 8.81. The molecule has 7 heteroatoms. The van der Waals surface area contributed by atoms with Crippen molar-refractivity contribution in [1.29, 1.82) is 5.26 Å². The zero-order valence-electron chi connectivity index (χ0n) is 12.0. The van der Waals surface area contributed by atoms with Gasteiger partial charge in [0.2, 0.25) is 11.7 Å². The summed E-state index contributed by atoms with van der Waals surface area (Å²) in [5.74, 6) is 1.66. The van der Waals surface area contributed by atoms with Crippen molar-refractivity contribution in [3.63, 3.8) is 0 Å². The van der Waals surface area contributed by atoms with Crippen LogP contribution in [0.4, 0.5) is 5.82 Å². The van der Waals surface area contributed by atoms with E-state index in [-0.39, 0.29) is 0 Å². The van der Waals surface area contributed by atoms with Gasteiger partial charge in [0.05, 0.1) is 0 Å². The summed E-state index contributed by atoms with van der Waals surface area (Å²) in [6.07, 6.45) is 0.548. The van der Waals surface area contributed by atoms with Crippen LogP contribution in [-0.4, -0.2) is 21.7 Å². The minimum atomic E-state index is 0.371. The second-order valence-electron chi connectivity index (χ2n) is 4.72. The molecule has 3 aromatic rings. The lowest BCUT2D eigenvalue weighted by atomic mass is 10.2. The van der Waals surface area contributed by atoms with Crippen molar-refractivity contribution < 1.29 is 4.52 Å². The Kier molecular flexibility index (Phi) is 4.50. The maximum atomic E-state index is 8.81. The van der Waals surface area contributed by atoms with E-state index in [4.69, 9.17) is 21.4 Å². The molecular formula is C16H12ClN5O. The second-order valence-corrected chi connectivity index (χ2v) is 5.16. The van der Waals surface area contributed by atoms with E-state index in [0.717, 1.165) is 5.56 Å². The van der Waals surface area contributed by atoms with Gasteiger partial charge in [0.15, 0.2) is 0 Å². The van der Waals surface area contributed by atoms with Crippen LogP contribution in [-0.2, 0) is 6.42 Å². The molecule has 0 aliphatic heterocycles. The molecule has 0 amide bonds. The lowest BCUT2D eigenvalue weighted by Gasteiger charge is -2.02.